The van der Waals surface area contributed by atoms with Crippen LogP contribution in [0.15, 0.2) is 4.99 Å². The average molecular weight is 514 g/mol. The highest BCUT2D eigenvalue weighted by Crippen LogP contribution is 2.35. The quantitative estimate of drug-likeness (QED) is 0.321. The van der Waals surface area contributed by atoms with Gasteiger partial charge in [-0.15, -0.1) is 24.0 Å². The first-order valence-electron chi connectivity index (χ1n) is 10.2. The first-order chi connectivity index (χ1) is 12.4. The molecule has 7 heteroatoms. The molecule has 2 aliphatic rings. The van der Waals surface area contributed by atoms with Crippen LogP contribution in [0.25, 0.3) is 0 Å². The van der Waals surface area contributed by atoms with E-state index in [4.69, 9.17) is 14.5 Å². The average Bonchev–Trinajstić information content (AvgIpc) is 2.64. The van der Waals surface area contributed by atoms with Crippen molar-refractivity contribution in [3.8, 4) is 0 Å². The molecule has 2 atom stereocenters. The number of guanidine groups is 1. The highest BCUT2D eigenvalue weighted by atomic mass is 127. The molecule has 0 aromatic heterocycles. The molecule has 2 rings (SSSR count). The number of nitrogens with zero attached hydrogens (tertiary/aromatic N) is 1. The fourth-order valence-electron chi connectivity index (χ4n) is 3.97. The first kappa shape index (κ1) is 25.3. The Balaban J connectivity index is 0.00000364. The summed E-state index contributed by atoms with van der Waals surface area (Å²) in [4.78, 5) is 4.93. The SMILES string of the molecule is CCNC(=NCC1(SC)CCOCC1)NCC1CCCOC1C(C)(C)C.I. The summed E-state index contributed by atoms with van der Waals surface area (Å²) in [5, 5.41) is 7.01. The van der Waals surface area contributed by atoms with Crippen molar-refractivity contribution < 1.29 is 9.47 Å². The lowest BCUT2D eigenvalue weighted by Crippen LogP contribution is -2.48. The van der Waals surface area contributed by atoms with Crippen molar-refractivity contribution in [1.29, 1.82) is 0 Å². The lowest BCUT2D eigenvalue weighted by atomic mass is 9.78. The molecule has 5 nitrogen and oxygen atoms in total. The second-order valence-electron chi connectivity index (χ2n) is 8.64. The van der Waals surface area contributed by atoms with E-state index in [0.29, 0.717) is 12.0 Å². The van der Waals surface area contributed by atoms with Crippen LogP contribution in [0.2, 0.25) is 0 Å². The molecule has 0 aromatic carbocycles. The maximum Gasteiger partial charge on any atom is 0.191 e. The number of rotatable bonds is 6. The molecule has 2 unspecified atom stereocenters. The summed E-state index contributed by atoms with van der Waals surface area (Å²) in [6.45, 7) is 14.2. The molecule has 0 radical (unpaired) electrons. The number of nitrogens with one attached hydrogen (secondary N) is 2. The van der Waals surface area contributed by atoms with Crippen molar-refractivity contribution in [1.82, 2.24) is 10.6 Å². The van der Waals surface area contributed by atoms with E-state index in [2.05, 4.69) is 44.6 Å². The highest BCUT2D eigenvalue weighted by Gasteiger charge is 2.35. The van der Waals surface area contributed by atoms with Gasteiger partial charge < -0.3 is 20.1 Å². The van der Waals surface area contributed by atoms with Crippen LogP contribution in [-0.2, 0) is 9.47 Å². The van der Waals surface area contributed by atoms with Crippen LogP contribution in [0.1, 0.15) is 53.4 Å². The topological polar surface area (TPSA) is 54.9 Å². The van der Waals surface area contributed by atoms with Gasteiger partial charge in [-0.05, 0) is 44.3 Å². The van der Waals surface area contributed by atoms with Gasteiger partial charge >= 0.3 is 0 Å². The summed E-state index contributed by atoms with van der Waals surface area (Å²) in [5.41, 5.74) is 0.174. The molecule has 0 aliphatic carbocycles. The van der Waals surface area contributed by atoms with Crippen LogP contribution < -0.4 is 10.6 Å². The lowest BCUT2D eigenvalue weighted by molar-refractivity contribution is -0.0835. The molecule has 0 spiro atoms. The van der Waals surface area contributed by atoms with Crippen molar-refractivity contribution in [2.75, 3.05) is 45.7 Å². The van der Waals surface area contributed by atoms with Gasteiger partial charge in [0.05, 0.1) is 12.6 Å². The molecule has 0 amide bonds. The second-order valence-corrected chi connectivity index (χ2v) is 9.91. The Bertz CT molecular complexity index is 451. The van der Waals surface area contributed by atoms with E-state index in [1.54, 1.807) is 0 Å². The van der Waals surface area contributed by atoms with Gasteiger partial charge in [0.2, 0.25) is 0 Å². The van der Waals surface area contributed by atoms with E-state index in [0.717, 1.165) is 64.7 Å². The zero-order valence-corrected chi connectivity index (χ0v) is 21.0. The molecule has 160 valence electrons. The van der Waals surface area contributed by atoms with Gasteiger partial charge in [0.15, 0.2) is 5.96 Å². The van der Waals surface area contributed by atoms with Crippen molar-refractivity contribution >= 4 is 41.7 Å². The predicted octanol–water partition coefficient (Wildman–Crippen LogP) is 3.91. The Morgan fingerprint density at radius 2 is 1.89 bits per heavy atom. The fourth-order valence-corrected chi connectivity index (χ4v) is 4.74. The van der Waals surface area contributed by atoms with E-state index in [1.165, 1.54) is 6.42 Å². The summed E-state index contributed by atoms with van der Waals surface area (Å²) in [7, 11) is 0. The van der Waals surface area contributed by atoms with Crippen LogP contribution in [0.5, 0.6) is 0 Å². The fraction of sp³-hybridized carbons (Fsp3) is 0.950. The van der Waals surface area contributed by atoms with Crippen LogP contribution >= 0.6 is 35.7 Å². The number of hydrogen-bond acceptors (Lipinski definition) is 4. The van der Waals surface area contributed by atoms with Gasteiger partial charge in [-0.25, -0.2) is 0 Å². The van der Waals surface area contributed by atoms with Crippen molar-refractivity contribution in [2.45, 2.75) is 64.2 Å². The number of aliphatic imine (C=N–C) groups is 1. The second kappa shape index (κ2) is 12.1. The molecule has 0 bridgehead atoms. The number of hydrogen-bond donors (Lipinski definition) is 2. The Labute approximate surface area is 187 Å². The Hall–Kier alpha value is 0.270. The number of halogens is 1. The van der Waals surface area contributed by atoms with Gasteiger partial charge in [-0.1, -0.05) is 20.8 Å². The summed E-state index contributed by atoms with van der Waals surface area (Å²) < 4.78 is 11.9. The van der Waals surface area contributed by atoms with Gasteiger partial charge in [0, 0.05) is 43.6 Å². The van der Waals surface area contributed by atoms with Crippen LogP contribution in [0.4, 0.5) is 0 Å². The van der Waals surface area contributed by atoms with Crippen molar-refractivity contribution in [2.24, 2.45) is 16.3 Å². The summed E-state index contributed by atoms with van der Waals surface area (Å²) >= 11 is 1.94. The normalized spacial score (nSPS) is 26.2. The molecule has 27 heavy (non-hydrogen) atoms. The van der Waals surface area contributed by atoms with Gasteiger partial charge in [0.1, 0.15) is 0 Å². The standard InChI is InChI=1S/C20H39N3O2S.HI/c1-6-21-18(23-15-20(26-5)9-12-24-13-10-20)22-14-16-8-7-11-25-17(16)19(2,3)4;/h16-17H,6-15H2,1-5H3,(H2,21,22,23);1H. The smallest absolute Gasteiger partial charge is 0.191 e. The van der Waals surface area contributed by atoms with Crippen LogP contribution in [0.3, 0.4) is 0 Å². The number of thioether (sulfide) groups is 1. The largest absolute Gasteiger partial charge is 0.381 e. The minimum atomic E-state index is 0. The summed E-state index contributed by atoms with van der Waals surface area (Å²) in [6.07, 6.45) is 7.05. The van der Waals surface area contributed by atoms with Gasteiger partial charge in [0.25, 0.3) is 0 Å². The van der Waals surface area contributed by atoms with E-state index < -0.39 is 0 Å². The van der Waals surface area contributed by atoms with Crippen molar-refractivity contribution in [3.63, 3.8) is 0 Å². The molecule has 2 saturated heterocycles. The minimum Gasteiger partial charge on any atom is -0.381 e. The van der Waals surface area contributed by atoms with Crippen molar-refractivity contribution in [3.05, 3.63) is 0 Å². The zero-order chi connectivity index (χ0) is 19.0. The third kappa shape index (κ3) is 7.90. The Morgan fingerprint density at radius 1 is 1.19 bits per heavy atom. The maximum atomic E-state index is 6.12. The van der Waals surface area contributed by atoms with Crippen LogP contribution in [0, 0.1) is 11.3 Å². The highest BCUT2D eigenvalue weighted by molar-refractivity contribution is 14.0. The van der Waals surface area contributed by atoms with E-state index >= 15 is 0 Å². The van der Waals surface area contributed by atoms with E-state index in [1.807, 2.05) is 11.8 Å². The molecule has 2 aliphatic heterocycles. The van der Waals surface area contributed by atoms with E-state index in [-0.39, 0.29) is 34.1 Å². The molecule has 2 heterocycles. The third-order valence-electron chi connectivity index (χ3n) is 5.54. The van der Waals surface area contributed by atoms with Crippen LogP contribution in [-0.4, -0.2) is 62.5 Å². The van der Waals surface area contributed by atoms with E-state index in [9.17, 15) is 0 Å². The lowest BCUT2D eigenvalue weighted by Gasteiger charge is -2.40. The molecule has 2 fully saturated rings. The minimum absolute atomic E-state index is 0. The monoisotopic (exact) mass is 513 g/mol. The molecular formula is C20H40IN3O2S. The zero-order valence-electron chi connectivity index (χ0n) is 17.8. The third-order valence-corrected chi connectivity index (χ3v) is 6.94. The molecule has 0 saturated carbocycles. The van der Waals surface area contributed by atoms with Gasteiger partial charge in [-0.3, -0.25) is 4.99 Å². The summed E-state index contributed by atoms with van der Waals surface area (Å²) in [6, 6.07) is 0. The predicted molar refractivity (Wildman–Crippen MR) is 128 cm³/mol. The first-order valence-corrected chi connectivity index (χ1v) is 11.4. The molecule has 0 aromatic rings. The summed E-state index contributed by atoms with van der Waals surface area (Å²) in [5.74, 6) is 1.47. The molecular weight excluding hydrogens is 473 g/mol. The van der Waals surface area contributed by atoms with Gasteiger partial charge in [-0.2, -0.15) is 11.8 Å². The Kier molecular flexibility index (Phi) is 11.3. The molecule has 2 N–H and O–H groups in total. The maximum absolute atomic E-state index is 6.12. The number of ether oxygens (including phenoxy) is 2. The Morgan fingerprint density at radius 3 is 2.48 bits per heavy atom.